The van der Waals surface area contributed by atoms with Gasteiger partial charge in [0.15, 0.2) is 23.4 Å². The summed E-state index contributed by atoms with van der Waals surface area (Å²) < 4.78 is 16.9. The molecular formula is C41H54N2O9. The molecule has 2 aromatic carbocycles. The number of ether oxygens (including phenoxy) is 3. The van der Waals surface area contributed by atoms with Crippen LogP contribution in [0.4, 0.5) is 0 Å². The number of methoxy groups -OCH3 is 2. The topological polar surface area (TPSA) is 152 Å². The van der Waals surface area contributed by atoms with E-state index in [-0.39, 0.29) is 29.8 Å². The van der Waals surface area contributed by atoms with Crippen LogP contribution in [0.1, 0.15) is 71.1 Å². The molecule has 2 aromatic rings. The molecule has 1 aliphatic rings. The van der Waals surface area contributed by atoms with E-state index >= 15 is 0 Å². The molecular weight excluding hydrogens is 664 g/mol. The second-order valence-electron chi connectivity index (χ2n) is 13.6. The molecule has 0 spiro atoms. The Bertz CT molecular complexity index is 1630. The number of benzene rings is 2. The number of hydrogen-bond donors (Lipinski definition) is 3. The van der Waals surface area contributed by atoms with E-state index in [4.69, 9.17) is 14.2 Å². The Morgan fingerprint density at radius 2 is 1.73 bits per heavy atom. The minimum atomic E-state index is -1.23. The van der Waals surface area contributed by atoms with Crippen molar-refractivity contribution in [1.82, 2.24) is 10.2 Å². The lowest BCUT2D eigenvalue weighted by atomic mass is 9.95. The molecule has 282 valence electrons. The van der Waals surface area contributed by atoms with Gasteiger partial charge in [0, 0.05) is 20.6 Å². The van der Waals surface area contributed by atoms with E-state index in [1.54, 1.807) is 70.4 Å². The number of aliphatic hydroxyl groups is 1. The van der Waals surface area contributed by atoms with E-state index < -0.39 is 53.9 Å². The van der Waals surface area contributed by atoms with Gasteiger partial charge >= 0.3 is 5.97 Å². The highest BCUT2D eigenvalue weighted by Crippen LogP contribution is 2.28. The Morgan fingerprint density at radius 1 is 1.04 bits per heavy atom. The number of carbonyl (C=O) groups excluding carboxylic acids is 4. The quantitative estimate of drug-likeness (QED) is 0.263. The number of esters is 1. The van der Waals surface area contributed by atoms with Gasteiger partial charge < -0.3 is 34.6 Å². The van der Waals surface area contributed by atoms with E-state index in [1.165, 1.54) is 38.1 Å². The van der Waals surface area contributed by atoms with Crippen molar-refractivity contribution in [2.45, 2.75) is 90.7 Å². The minimum Gasteiger partial charge on any atom is -0.504 e. The van der Waals surface area contributed by atoms with Crippen molar-refractivity contribution in [3.8, 4) is 11.5 Å². The average molecular weight is 719 g/mol. The number of nitrogens with one attached hydrogen (secondary N) is 1. The average Bonchev–Trinajstić information content (AvgIpc) is 3.13. The third kappa shape index (κ3) is 11.1. The second-order valence-corrected chi connectivity index (χ2v) is 13.6. The number of likely N-dealkylation sites (N-methyl/N-ethyl adjacent to an activating group) is 1. The van der Waals surface area contributed by atoms with Crippen molar-refractivity contribution in [2.75, 3.05) is 21.3 Å². The van der Waals surface area contributed by atoms with Gasteiger partial charge in [0.05, 0.1) is 19.1 Å². The largest absolute Gasteiger partial charge is 0.504 e. The van der Waals surface area contributed by atoms with E-state index in [1.807, 2.05) is 25.1 Å². The summed E-state index contributed by atoms with van der Waals surface area (Å²) in [6.45, 7) is 8.60. The first-order chi connectivity index (χ1) is 24.7. The van der Waals surface area contributed by atoms with Crippen molar-refractivity contribution >= 4 is 23.6 Å². The lowest BCUT2D eigenvalue weighted by Crippen LogP contribution is -2.55. The van der Waals surface area contributed by atoms with Gasteiger partial charge in [0.1, 0.15) is 18.2 Å². The van der Waals surface area contributed by atoms with Crippen molar-refractivity contribution in [3.63, 3.8) is 0 Å². The molecule has 3 N–H and O–H groups in total. The van der Waals surface area contributed by atoms with Crippen molar-refractivity contribution in [1.29, 1.82) is 0 Å². The van der Waals surface area contributed by atoms with E-state index in [0.29, 0.717) is 36.0 Å². The summed E-state index contributed by atoms with van der Waals surface area (Å²) in [6, 6.07) is 11.1. The zero-order chi connectivity index (χ0) is 38.5. The van der Waals surface area contributed by atoms with Crippen LogP contribution in [0, 0.1) is 11.8 Å². The van der Waals surface area contributed by atoms with Gasteiger partial charge in [-0.2, -0.15) is 0 Å². The Labute approximate surface area is 307 Å². The van der Waals surface area contributed by atoms with Gasteiger partial charge in [-0.25, -0.2) is 4.79 Å². The second kappa shape index (κ2) is 19.8. The number of rotatable bonds is 6. The van der Waals surface area contributed by atoms with Crippen LogP contribution in [-0.2, 0) is 35.1 Å². The fourth-order valence-corrected chi connectivity index (χ4v) is 6.10. The van der Waals surface area contributed by atoms with Crippen LogP contribution >= 0.6 is 0 Å². The molecule has 11 nitrogen and oxygen atoms in total. The highest BCUT2D eigenvalue weighted by Gasteiger charge is 2.37. The molecule has 0 saturated carbocycles. The number of aliphatic hydroxyl groups excluding tert-OH is 1. The number of nitrogens with zero attached hydrogens (tertiary/aromatic N) is 1. The predicted octanol–water partition coefficient (Wildman–Crippen LogP) is 5.41. The molecule has 11 heteroatoms. The smallest absolute Gasteiger partial charge is 0.329 e. The summed E-state index contributed by atoms with van der Waals surface area (Å²) in [5.74, 6) is -3.82. The molecule has 2 amide bonds. The Kier molecular flexibility index (Phi) is 15.8. The molecule has 0 saturated heterocycles. The SMILES string of the molecule is COc1cc(C[C@@H]2C(=O)N[C@@H](C(C)C)C(=O)O[C@H](c3ccccc3)[C@H](O)/C=C/C=C(\C)[C@H](OC)CCC/C=C(\C)C(=O)C(C)C(=O)N2C)ccc1O. The molecule has 0 aliphatic carbocycles. The van der Waals surface area contributed by atoms with Crippen LogP contribution in [0.3, 0.4) is 0 Å². The summed E-state index contributed by atoms with van der Waals surface area (Å²) in [7, 11) is 4.47. The zero-order valence-electron chi connectivity index (χ0n) is 31.5. The minimum absolute atomic E-state index is 0.0238. The number of allylic oxidation sites excluding steroid dienone is 4. The maximum absolute atomic E-state index is 14.2. The number of phenols is 1. The number of carbonyl (C=O) groups is 4. The van der Waals surface area contributed by atoms with Crippen molar-refractivity contribution in [2.24, 2.45) is 11.8 Å². The molecule has 3 rings (SSSR count). The number of ketones is 1. The summed E-state index contributed by atoms with van der Waals surface area (Å²) in [5, 5.41) is 24.3. The molecule has 1 unspecified atom stereocenters. The maximum Gasteiger partial charge on any atom is 0.329 e. The Balaban J connectivity index is 2.10. The Hall–Kier alpha value is -4.74. The van der Waals surface area contributed by atoms with Crippen LogP contribution < -0.4 is 10.1 Å². The molecule has 1 aliphatic heterocycles. The number of hydrogen-bond acceptors (Lipinski definition) is 9. The monoisotopic (exact) mass is 718 g/mol. The fourth-order valence-electron chi connectivity index (χ4n) is 6.10. The zero-order valence-corrected chi connectivity index (χ0v) is 31.5. The van der Waals surface area contributed by atoms with Crippen LogP contribution in [0.25, 0.3) is 0 Å². The first kappa shape index (κ1) is 41.7. The molecule has 0 bridgehead atoms. The van der Waals surface area contributed by atoms with E-state index in [2.05, 4.69) is 5.32 Å². The van der Waals surface area contributed by atoms with Crippen molar-refractivity contribution in [3.05, 3.63) is 95.1 Å². The molecule has 1 heterocycles. The first-order valence-corrected chi connectivity index (χ1v) is 17.6. The third-order valence-electron chi connectivity index (χ3n) is 9.42. The van der Waals surface area contributed by atoms with E-state index in [9.17, 15) is 29.4 Å². The molecule has 0 aromatic heterocycles. The Morgan fingerprint density at radius 3 is 2.37 bits per heavy atom. The number of Topliss-reactive ketones (excluding diaryl/α,β-unsaturated/α-hetero) is 1. The predicted molar refractivity (Wildman–Crippen MR) is 198 cm³/mol. The summed E-state index contributed by atoms with van der Waals surface area (Å²) >= 11 is 0. The van der Waals surface area contributed by atoms with Crippen molar-refractivity contribution < 1.29 is 43.6 Å². The normalized spacial score (nSPS) is 27.6. The maximum atomic E-state index is 14.2. The van der Waals surface area contributed by atoms with Crippen LogP contribution in [0.2, 0.25) is 0 Å². The first-order valence-electron chi connectivity index (χ1n) is 17.6. The highest BCUT2D eigenvalue weighted by atomic mass is 16.6. The number of cyclic esters (lactones) is 1. The molecule has 52 heavy (non-hydrogen) atoms. The van der Waals surface area contributed by atoms with Gasteiger partial charge in [0.2, 0.25) is 11.8 Å². The van der Waals surface area contributed by atoms with Gasteiger partial charge in [-0.1, -0.05) is 74.5 Å². The summed E-state index contributed by atoms with van der Waals surface area (Å²) in [4.78, 5) is 56.7. The third-order valence-corrected chi connectivity index (χ3v) is 9.42. The summed E-state index contributed by atoms with van der Waals surface area (Å²) in [5.41, 5.74) is 2.48. The lowest BCUT2D eigenvalue weighted by Gasteiger charge is -2.32. The lowest BCUT2D eigenvalue weighted by molar-refractivity contribution is -0.159. The summed E-state index contributed by atoms with van der Waals surface area (Å²) in [6.07, 6.45) is 6.30. The highest BCUT2D eigenvalue weighted by molar-refractivity contribution is 6.09. The van der Waals surface area contributed by atoms with Crippen LogP contribution in [-0.4, -0.2) is 84.2 Å². The van der Waals surface area contributed by atoms with Gasteiger partial charge in [-0.05, 0) is 80.4 Å². The van der Waals surface area contributed by atoms with E-state index in [0.717, 1.165) is 5.57 Å². The fraction of sp³-hybridized carbons (Fsp3) is 0.463. The van der Waals surface area contributed by atoms with Crippen LogP contribution in [0.15, 0.2) is 84.0 Å². The van der Waals surface area contributed by atoms with Gasteiger partial charge in [-0.15, -0.1) is 0 Å². The molecule has 6 atom stereocenters. The standard InChI is InChI=1S/C41H54N2O9/c1-25(2)36-41(49)52-38(30-17-10-9-11-18-30)33(45)19-14-16-26(3)34(50-7)20-13-12-15-27(4)37(46)28(5)40(48)43(6)31(39(47)42-36)23-29-21-22-32(44)35(24-29)51-8/h9-11,14-19,21-22,24-25,28,31,33-34,36,38,44-45H,12-13,20,23H2,1-8H3,(H,42,47)/b19-14+,26-16+,27-15+/t28?,31-,33-,34-,36+,38-/m1/s1. The molecule has 0 radical (unpaired) electrons. The number of phenolic OH excluding ortho intramolecular Hbond substituents is 1. The van der Waals surface area contributed by atoms with Gasteiger partial charge in [0.25, 0.3) is 0 Å². The molecule has 0 fully saturated rings. The van der Waals surface area contributed by atoms with Gasteiger partial charge in [-0.3, -0.25) is 14.4 Å². The van der Waals surface area contributed by atoms with Crippen LogP contribution in [0.5, 0.6) is 11.5 Å². The number of amides is 2. The number of aromatic hydroxyl groups is 1.